The van der Waals surface area contributed by atoms with E-state index in [0.717, 1.165) is 16.5 Å². The molecule has 0 atom stereocenters. The van der Waals surface area contributed by atoms with Gasteiger partial charge in [-0.05, 0) is 37.3 Å². The van der Waals surface area contributed by atoms with E-state index in [1.807, 2.05) is 31.2 Å². The van der Waals surface area contributed by atoms with Crippen molar-refractivity contribution < 1.29 is 9.53 Å². The van der Waals surface area contributed by atoms with E-state index in [1.54, 1.807) is 31.4 Å². The Morgan fingerprint density at radius 2 is 2.11 bits per heavy atom. The minimum atomic E-state index is -0.572. The van der Waals surface area contributed by atoms with Crippen molar-refractivity contribution in [2.45, 2.75) is 6.92 Å². The van der Waals surface area contributed by atoms with E-state index < -0.39 is 6.03 Å². The van der Waals surface area contributed by atoms with Crippen LogP contribution in [0.3, 0.4) is 0 Å². The van der Waals surface area contributed by atoms with Gasteiger partial charge in [-0.1, -0.05) is 17.7 Å². The molecule has 0 fully saturated rings. The van der Waals surface area contributed by atoms with Crippen LogP contribution in [0.1, 0.15) is 11.1 Å². The number of urea groups is 1. The summed E-state index contributed by atoms with van der Waals surface area (Å²) >= 11 is 0. The molecule has 1 aromatic heterocycles. The maximum Gasteiger partial charge on any atom is 0.319 e. The van der Waals surface area contributed by atoms with Crippen LogP contribution in [-0.4, -0.2) is 31.2 Å². The first-order valence-electron chi connectivity index (χ1n) is 8.78. The smallest absolute Gasteiger partial charge is 0.319 e. The molecule has 0 aliphatic heterocycles. The number of benzene rings is 2. The average molecular weight is 375 g/mol. The molecule has 0 saturated carbocycles. The number of aromatic nitrogens is 1. The molecule has 0 spiro atoms. The van der Waals surface area contributed by atoms with E-state index in [4.69, 9.17) is 10.5 Å². The molecule has 3 rings (SSSR count). The molecule has 0 radical (unpaired) electrons. The van der Waals surface area contributed by atoms with E-state index in [0.29, 0.717) is 35.9 Å². The van der Waals surface area contributed by atoms with Gasteiger partial charge in [0, 0.05) is 30.2 Å². The van der Waals surface area contributed by atoms with Gasteiger partial charge in [-0.3, -0.25) is 4.90 Å². The fourth-order valence-electron chi connectivity index (χ4n) is 2.95. The van der Waals surface area contributed by atoms with Crippen LogP contribution in [0, 0.1) is 18.3 Å². The van der Waals surface area contributed by atoms with Crippen LogP contribution in [0.25, 0.3) is 10.9 Å². The summed E-state index contributed by atoms with van der Waals surface area (Å²) in [5.41, 5.74) is 8.52. The molecule has 7 heteroatoms. The normalized spacial score (nSPS) is 10.3. The number of rotatable bonds is 6. The molecule has 3 aromatic rings. The summed E-state index contributed by atoms with van der Waals surface area (Å²) in [6.45, 7) is 2.68. The number of aryl methyl sites for hydroxylation is 1. The fraction of sp³-hybridized carbons (Fsp3) is 0.190. The second-order valence-electron chi connectivity index (χ2n) is 6.31. The van der Waals surface area contributed by atoms with E-state index in [1.165, 1.54) is 4.90 Å². The van der Waals surface area contributed by atoms with Crippen LogP contribution >= 0.6 is 0 Å². The van der Waals surface area contributed by atoms with E-state index in [2.05, 4.69) is 16.4 Å². The topological polar surface area (TPSA) is 104 Å². The number of primary amides is 1. The lowest BCUT2D eigenvalue weighted by molar-refractivity contribution is 0.254. The minimum absolute atomic E-state index is 0.307. The van der Waals surface area contributed by atoms with Gasteiger partial charge in [0.25, 0.3) is 0 Å². The Hall–Kier alpha value is -3.79. The summed E-state index contributed by atoms with van der Waals surface area (Å²) in [4.78, 5) is 17.9. The maximum atomic E-state index is 11.9. The lowest BCUT2D eigenvalue weighted by Crippen LogP contribution is -2.39. The van der Waals surface area contributed by atoms with Crippen LogP contribution in [0.2, 0.25) is 0 Å². The van der Waals surface area contributed by atoms with Crippen LogP contribution in [0.4, 0.5) is 16.3 Å². The molecule has 2 aromatic carbocycles. The zero-order valence-electron chi connectivity index (χ0n) is 15.8. The van der Waals surface area contributed by atoms with Crippen LogP contribution in [-0.2, 0) is 0 Å². The summed E-state index contributed by atoms with van der Waals surface area (Å²) < 4.78 is 5.20. The van der Waals surface area contributed by atoms with E-state index in [9.17, 15) is 10.1 Å². The first kappa shape index (κ1) is 19.0. The standard InChI is InChI=1S/C21H21N5O2/c1-14-6-7-19-15(10-14)11-16(13-22)20(25-19)24-8-9-26(21(23)27)17-4-3-5-18(12-17)28-2/h3-7,10-12H,8-9H2,1-2H3,(H2,23,27)(H,24,25). The number of nitrogens with zero attached hydrogens (tertiary/aromatic N) is 3. The quantitative estimate of drug-likeness (QED) is 0.687. The van der Waals surface area contributed by atoms with Crippen LogP contribution in [0.5, 0.6) is 5.75 Å². The van der Waals surface area contributed by atoms with E-state index >= 15 is 0 Å². The Bertz CT molecular complexity index is 1060. The second kappa shape index (κ2) is 8.27. The van der Waals surface area contributed by atoms with Gasteiger partial charge in [0.2, 0.25) is 0 Å². The van der Waals surface area contributed by atoms with Crippen molar-refractivity contribution in [3.8, 4) is 11.8 Å². The van der Waals surface area contributed by atoms with Crippen molar-refractivity contribution in [2.24, 2.45) is 5.73 Å². The fourth-order valence-corrected chi connectivity index (χ4v) is 2.95. The number of carbonyl (C=O) groups is 1. The summed E-state index contributed by atoms with van der Waals surface area (Å²) in [7, 11) is 1.56. The molecule has 0 aliphatic carbocycles. The van der Waals surface area contributed by atoms with Crippen LogP contribution < -0.4 is 20.7 Å². The van der Waals surface area contributed by atoms with Gasteiger partial charge in [0.15, 0.2) is 0 Å². The number of hydrogen-bond acceptors (Lipinski definition) is 5. The highest BCUT2D eigenvalue weighted by Crippen LogP contribution is 2.22. The summed E-state index contributed by atoms with van der Waals surface area (Å²) in [5.74, 6) is 1.11. The lowest BCUT2D eigenvalue weighted by atomic mass is 10.1. The van der Waals surface area contributed by atoms with Crippen molar-refractivity contribution in [2.75, 3.05) is 30.4 Å². The molecule has 3 N–H and O–H groups in total. The molecule has 28 heavy (non-hydrogen) atoms. The molecule has 7 nitrogen and oxygen atoms in total. The number of fused-ring (bicyclic) bond motifs is 1. The van der Waals surface area contributed by atoms with Crippen molar-refractivity contribution in [1.82, 2.24) is 4.98 Å². The molecule has 0 bridgehead atoms. The third-order valence-corrected chi connectivity index (χ3v) is 4.35. The molecule has 0 aliphatic rings. The number of ether oxygens (including phenoxy) is 1. The molecule has 0 saturated heterocycles. The summed E-state index contributed by atoms with van der Waals surface area (Å²) in [6.07, 6.45) is 0. The molecule has 0 unspecified atom stereocenters. The predicted octanol–water partition coefficient (Wildman–Crippen LogP) is 3.42. The van der Waals surface area contributed by atoms with Crippen molar-refractivity contribution in [3.63, 3.8) is 0 Å². The number of nitriles is 1. The van der Waals surface area contributed by atoms with Crippen molar-refractivity contribution in [1.29, 1.82) is 5.26 Å². The molecular weight excluding hydrogens is 354 g/mol. The third-order valence-electron chi connectivity index (χ3n) is 4.35. The molecule has 1 heterocycles. The first-order chi connectivity index (χ1) is 13.5. The minimum Gasteiger partial charge on any atom is -0.497 e. The zero-order valence-corrected chi connectivity index (χ0v) is 15.8. The maximum absolute atomic E-state index is 11.9. The van der Waals surface area contributed by atoms with Gasteiger partial charge >= 0.3 is 6.03 Å². The number of nitrogens with one attached hydrogen (secondary N) is 1. The number of anilines is 2. The van der Waals surface area contributed by atoms with Crippen LogP contribution in [0.15, 0.2) is 48.5 Å². The number of pyridine rings is 1. The Balaban J connectivity index is 1.78. The third kappa shape index (κ3) is 4.13. The van der Waals surface area contributed by atoms with Gasteiger partial charge in [-0.25, -0.2) is 9.78 Å². The number of nitrogens with two attached hydrogens (primary N) is 1. The highest BCUT2D eigenvalue weighted by Gasteiger charge is 2.14. The van der Waals surface area contributed by atoms with Gasteiger partial charge in [0.1, 0.15) is 17.6 Å². The van der Waals surface area contributed by atoms with Gasteiger partial charge in [0.05, 0.1) is 18.2 Å². The monoisotopic (exact) mass is 375 g/mol. The van der Waals surface area contributed by atoms with Crippen molar-refractivity contribution in [3.05, 3.63) is 59.7 Å². The Labute approximate surface area is 163 Å². The van der Waals surface area contributed by atoms with Gasteiger partial charge in [-0.15, -0.1) is 0 Å². The number of carbonyl (C=O) groups excluding carboxylic acids is 1. The SMILES string of the molecule is COc1cccc(N(CCNc2nc3ccc(C)cc3cc2C#N)C(N)=O)c1. The Morgan fingerprint density at radius 3 is 2.82 bits per heavy atom. The number of amides is 2. The average Bonchev–Trinajstić information content (AvgIpc) is 2.70. The largest absolute Gasteiger partial charge is 0.497 e. The number of methoxy groups -OCH3 is 1. The Morgan fingerprint density at radius 1 is 1.29 bits per heavy atom. The highest BCUT2D eigenvalue weighted by atomic mass is 16.5. The number of hydrogen-bond donors (Lipinski definition) is 2. The summed E-state index contributed by atoms with van der Waals surface area (Å²) in [6, 6.07) is 16.4. The molecular formula is C21H21N5O2. The predicted molar refractivity (Wildman–Crippen MR) is 110 cm³/mol. The highest BCUT2D eigenvalue weighted by molar-refractivity contribution is 5.91. The van der Waals surface area contributed by atoms with Gasteiger partial charge in [-0.2, -0.15) is 5.26 Å². The molecule has 2 amide bonds. The first-order valence-corrected chi connectivity index (χ1v) is 8.78. The lowest BCUT2D eigenvalue weighted by Gasteiger charge is -2.21. The zero-order chi connectivity index (χ0) is 20.1. The van der Waals surface area contributed by atoms with Gasteiger partial charge < -0.3 is 15.8 Å². The van der Waals surface area contributed by atoms with Crippen molar-refractivity contribution >= 4 is 28.4 Å². The van der Waals surface area contributed by atoms with E-state index in [-0.39, 0.29) is 0 Å². The molecule has 142 valence electrons. The summed E-state index contributed by atoms with van der Waals surface area (Å²) in [5, 5.41) is 13.5. The Kier molecular flexibility index (Phi) is 5.61. The second-order valence-corrected chi connectivity index (χ2v) is 6.31.